The van der Waals surface area contributed by atoms with E-state index in [1.54, 1.807) is 48.5 Å². The summed E-state index contributed by atoms with van der Waals surface area (Å²) in [7, 11) is 0. The lowest BCUT2D eigenvalue weighted by Crippen LogP contribution is -2.40. The van der Waals surface area contributed by atoms with Gasteiger partial charge in [0.1, 0.15) is 5.75 Å². The minimum Gasteiger partial charge on any atom is -0.483 e. The maximum absolute atomic E-state index is 13.4. The lowest BCUT2D eigenvalue weighted by molar-refractivity contribution is -0.124. The van der Waals surface area contributed by atoms with E-state index in [-0.39, 0.29) is 47.9 Å². The van der Waals surface area contributed by atoms with Gasteiger partial charge in [0.05, 0.1) is 17.5 Å². The number of ether oxygens (including phenoxy) is 1. The Kier molecular flexibility index (Phi) is 4.22. The highest BCUT2D eigenvalue weighted by molar-refractivity contribution is 9.10. The van der Waals surface area contributed by atoms with Crippen molar-refractivity contribution in [3.63, 3.8) is 0 Å². The minimum atomic E-state index is -0.260. The molecule has 5 aliphatic rings. The SMILES string of the molecule is O=C(COc1ccccc1N1C(=O)C2C3C=CC(C4CC34)C2C1=O)c1ccc(Br)cc1. The lowest BCUT2D eigenvalue weighted by Gasteiger charge is -2.37. The van der Waals surface area contributed by atoms with Gasteiger partial charge in [-0.1, -0.05) is 52.3 Å². The Morgan fingerprint density at radius 2 is 1.55 bits per heavy atom. The standard InChI is InChI=1S/C25H20BrNO4/c26-14-7-5-13(6-8-14)20(28)12-31-21-4-2-1-3-19(21)27-24(29)22-15-9-10-16(18-11-17(15)18)23(22)25(27)30/h1-10,15-18,22-23H,11-12H2. The third-order valence-corrected chi connectivity index (χ3v) is 7.82. The average molecular weight is 478 g/mol. The van der Waals surface area contributed by atoms with Crippen LogP contribution in [0.15, 0.2) is 65.2 Å². The van der Waals surface area contributed by atoms with Crippen LogP contribution in [-0.2, 0) is 9.59 Å². The molecule has 0 radical (unpaired) electrons. The molecule has 4 aliphatic carbocycles. The highest BCUT2D eigenvalue weighted by Gasteiger charge is 2.67. The Morgan fingerprint density at radius 3 is 2.19 bits per heavy atom. The smallest absolute Gasteiger partial charge is 0.238 e. The number of para-hydroxylation sites is 2. The maximum Gasteiger partial charge on any atom is 0.238 e. The van der Waals surface area contributed by atoms with E-state index in [0.29, 0.717) is 28.8 Å². The number of hydrogen-bond donors (Lipinski definition) is 0. The molecule has 1 saturated heterocycles. The monoisotopic (exact) mass is 477 g/mol. The summed E-state index contributed by atoms with van der Waals surface area (Å²) in [6.07, 6.45) is 5.45. The van der Waals surface area contributed by atoms with Gasteiger partial charge in [0.25, 0.3) is 0 Å². The summed E-state index contributed by atoms with van der Waals surface area (Å²) < 4.78 is 6.71. The molecule has 6 heteroatoms. The van der Waals surface area contributed by atoms with Crippen molar-refractivity contribution in [1.82, 2.24) is 0 Å². The summed E-state index contributed by atoms with van der Waals surface area (Å²) in [6, 6.07) is 14.1. The van der Waals surface area contributed by atoms with Crippen molar-refractivity contribution < 1.29 is 19.1 Å². The lowest BCUT2D eigenvalue weighted by atomic mass is 9.63. The molecule has 2 aromatic carbocycles. The van der Waals surface area contributed by atoms with Crippen LogP contribution in [0.5, 0.6) is 5.75 Å². The van der Waals surface area contributed by atoms with Crippen molar-refractivity contribution in [3.8, 4) is 5.75 Å². The van der Waals surface area contributed by atoms with E-state index in [1.807, 2.05) is 0 Å². The number of benzene rings is 2. The van der Waals surface area contributed by atoms with Crippen LogP contribution in [0.1, 0.15) is 16.8 Å². The number of carbonyl (C=O) groups is 3. The molecular weight excluding hydrogens is 458 g/mol. The Morgan fingerprint density at radius 1 is 0.935 bits per heavy atom. The maximum atomic E-state index is 13.4. The van der Waals surface area contributed by atoms with Crippen LogP contribution in [0.2, 0.25) is 0 Å². The Labute approximate surface area is 188 Å². The molecular formula is C25H20BrNO4. The van der Waals surface area contributed by atoms with Gasteiger partial charge >= 0.3 is 0 Å². The molecule has 1 aliphatic heterocycles. The normalized spacial score (nSPS) is 32.1. The fourth-order valence-corrected chi connectivity index (χ4v) is 6.09. The first kappa shape index (κ1) is 19.0. The third-order valence-electron chi connectivity index (χ3n) is 7.29. The van der Waals surface area contributed by atoms with Crippen molar-refractivity contribution in [2.75, 3.05) is 11.5 Å². The Bertz CT molecular complexity index is 1100. The summed E-state index contributed by atoms with van der Waals surface area (Å²) in [5, 5.41) is 0. The average Bonchev–Trinajstić information content (AvgIpc) is 3.56. The molecule has 31 heavy (non-hydrogen) atoms. The summed E-state index contributed by atoms with van der Waals surface area (Å²) in [4.78, 5) is 40.6. The number of imide groups is 1. The minimum absolute atomic E-state index is 0.130. The highest BCUT2D eigenvalue weighted by Crippen LogP contribution is 2.65. The van der Waals surface area contributed by atoms with Crippen molar-refractivity contribution in [2.24, 2.45) is 35.5 Å². The first-order valence-electron chi connectivity index (χ1n) is 10.6. The molecule has 5 nitrogen and oxygen atoms in total. The molecule has 6 atom stereocenters. The van der Waals surface area contributed by atoms with Crippen molar-refractivity contribution in [1.29, 1.82) is 0 Å². The zero-order valence-corrected chi connectivity index (χ0v) is 18.2. The number of ketones is 1. The number of hydrogen-bond acceptors (Lipinski definition) is 4. The first-order valence-corrected chi connectivity index (χ1v) is 11.4. The van der Waals surface area contributed by atoms with E-state index in [2.05, 4.69) is 28.1 Å². The van der Waals surface area contributed by atoms with Crippen molar-refractivity contribution in [3.05, 3.63) is 70.7 Å². The number of allylic oxidation sites excluding steroid dienone is 2. The van der Waals surface area contributed by atoms with Gasteiger partial charge in [-0.2, -0.15) is 0 Å². The number of nitrogens with zero attached hydrogens (tertiary/aromatic N) is 1. The molecule has 156 valence electrons. The number of amides is 2. The summed E-state index contributed by atoms with van der Waals surface area (Å²) in [5.41, 5.74) is 0.977. The van der Waals surface area contributed by atoms with Crippen LogP contribution in [0.4, 0.5) is 5.69 Å². The van der Waals surface area contributed by atoms with E-state index in [4.69, 9.17) is 4.74 Å². The zero-order chi connectivity index (χ0) is 21.3. The van der Waals surface area contributed by atoms with Crippen LogP contribution in [0.3, 0.4) is 0 Å². The van der Waals surface area contributed by atoms with Gasteiger partial charge in [-0.15, -0.1) is 0 Å². The van der Waals surface area contributed by atoms with E-state index in [0.717, 1.165) is 10.9 Å². The van der Waals surface area contributed by atoms with Gasteiger partial charge in [-0.05, 0) is 54.4 Å². The fourth-order valence-electron chi connectivity index (χ4n) is 5.82. The predicted molar refractivity (Wildman–Crippen MR) is 118 cm³/mol. The topological polar surface area (TPSA) is 63.7 Å². The van der Waals surface area contributed by atoms with Gasteiger partial charge in [0.15, 0.2) is 12.4 Å². The van der Waals surface area contributed by atoms with Gasteiger partial charge in [-0.3, -0.25) is 14.4 Å². The summed E-state index contributed by atoms with van der Waals surface area (Å²) in [6.45, 7) is -0.168. The Balaban J connectivity index is 1.26. The Hall–Kier alpha value is -2.73. The molecule has 6 unspecified atom stereocenters. The second-order valence-electron chi connectivity index (χ2n) is 8.85. The van der Waals surface area contributed by atoms with Crippen LogP contribution in [0, 0.1) is 35.5 Å². The van der Waals surface area contributed by atoms with Gasteiger partial charge < -0.3 is 4.74 Å². The van der Waals surface area contributed by atoms with Crippen LogP contribution in [-0.4, -0.2) is 24.2 Å². The number of Topliss-reactive ketones (excluding diaryl/α,β-unsaturated/α-hetero) is 1. The van der Waals surface area contributed by atoms with Gasteiger partial charge in [0, 0.05) is 10.0 Å². The van der Waals surface area contributed by atoms with Crippen LogP contribution >= 0.6 is 15.9 Å². The van der Waals surface area contributed by atoms with Crippen LogP contribution in [0.25, 0.3) is 0 Å². The quantitative estimate of drug-likeness (QED) is 0.366. The van der Waals surface area contributed by atoms with Crippen molar-refractivity contribution in [2.45, 2.75) is 6.42 Å². The molecule has 2 saturated carbocycles. The molecule has 2 aromatic rings. The van der Waals surface area contributed by atoms with E-state index < -0.39 is 0 Å². The summed E-state index contributed by atoms with van der Waals surface area (Å²) in [5.74, 6) is 0.890. The second kappa shape index (κ2) is 6.89. The molecule has 1 heterocycles. The third kappa shape index (κ3) is 2.84. The number of carbonyl (C=O) groups excluding carboxylic acids is 3. The van der Waals surface area contributed by atoms with E-state index in [1.165, 1.54) is 4.90 Å². The van der Waals surface area contributed by atoms with Gasteiger partial charge in [0.2, 0.25) is 11.8 Å². The molecule has 0 spiro atoms. The number of anilines is 1. The predicted octanol–water partition coefficient (Wildman–Crippen LogP) is 4.27. The molecule has 0 aromatic heterocycles. The summed E-state index contributed by atoms with van der Waals surface area (Å²) >= 11 is 3.36. The molecule has 2 bridgehead atoms. The number of rotatable bonds is 5. The molecule has 2 amide bonds. The fraction of sp³-hybridized carbons (Fsp3) is 0.320. The second-order valence-corrected chi connectivity index (χ2v) is 9.77. The molecule has 0 N–H and O–H groups in total. The zero-order valence-electron chi connectivity index (χ0n) is 16.6. The molecule has 3 fully saturated rings. The molecule has 7 rings (SSSR count). The largest absolute Gasteiger partial charge is 0.483 e. The van der Waals surface area contributed by atoms with E-state index >= 15 is 0 Å². The van der Waals surface area contributed by atoms with Gasteiger partial charge in [-0.25, -0.2) is 4.90 Å². The highest BCUT2D eigenvalue weighted by atomic mass is 79.9. The van der Waals surface area contributed by atoms with Crippen LogP contribution < -0.4 is 9.64 Å². The number of halogens is 1. The van der Waals surface area contributed by atoms with E-state index in [9.17, 15) is 14.4 Å². The van der Waals surface area contributed by atoms with Crippen molar-refractivity contribution >= 4 is 39.2 Å². The first-order chi connectivity index (χ1) is 15.0.